The van der Waals surface area contributed by atoms with E-state index in [0.717, 1.165) is 18.7 Å². The molecule has 17 heavy (non-hydrogen) atoms. The molecule has 0 atom stereocenters. The van der Waals surface area contributed by atoms with Crippen LogP contribution in [0.4, 0.5) is 5.82 Å². The number of hydrogen-bond acceptors (Lipinski definition) is 2. The van der Waals surface area contributed by atoms with Crippen LogP contribution >= 0.6 is 0 Å². The Morgan fingerprint density at radius 2 is 1.94 bits per heavy atom. The van der Waals surface area contributed by atoms with E-state index in [9.17, 15) is 0 Å². The first-order chi connectivity index (χ1) is 8.14. The third kappa shape index (κ3) is 1.96. The predicted molar refractivity (Wildman–Crippen MR) is 72.1 cm³/mol. The maximum absolute atomic E-state index is 6.17. The van der Waals surface area contributed by atoms with E-state index in [1.807, 2.05) is 11.7 Å². The molecule has 96 valence electrons. The maximum atomic E-state index is 6.17. The molecule has 1 heterocycles. The van der Waals surface area contributed by atoms with Crippen LogP contribution in [0, 0.1) is 0 Å². The number of aromatic nitrogens is 2. The van der Waals surface area contributed by atoms with Crippen LogP contribution in [0.2, 0.25) is 0 Å². The summed E-state index contributed by atoms with van der Waals surface area (Å²) in [5.74, 6) is 0.876. The smallest absolute Gasteiger partial charge is 0.124 e. The zero-order chi connectivity index (χ0) is 12.5. The molecule has 1 aliphatic carbocycles. The number of nitrogens with two attached hydrogens (primary N) is 1. The second-order valence-corrected chi connectivity index (χ2v) is 5.43. The molecule has 1 aromatic heterocycles. The van der Waals surface area contributed by atoms with Gasteiger partial charge in [-0.2, -0.15) is 5.10 Å². The summed E-state index contributed by atoms with van der Waals surface area (Å²) in [4.78, 5) is 0. The van der Waals surface area contributed by atoms with Gasteiger partial charge in [-0.05, 0) is 25.7 Å². The molecule has 1 aliphatic rings. The molecule has 2 rings (SSSR count). The van der Waals surface area contributed by atoms with E-state index in [1.54, 1.807) is 0 Å². The second-order valence-electron chi connectivity index (χ2n) is 5.43. The number of aryl methyl sites for hydroxylation is 1. The first-order valence-corrected chi connectivity index (χ1v) is 6.96. The number of nitrogens with zero attached hydrogens (tertiary/aromatic N) is 2. The van der Waals surface area contributed by atoms with Crippen LogP contribution < -0.4 is 5.73 Å². The molecule has 0 aliphatic heterocycles. The molecule has 0 radical (unpaired) electrons. The van der Waals surface area contributed by atoms with Crippen molar-refractivity contribution >= 4 is 5.82 Å². The first kappa shape index (κ1) is 12.5. The summed E-state index contributed by atoms with van der Waals surface area (Å²) in [5.41, 5.74) is 9.11. The van der Waals surface area contributed by atoms with Gasteiger partial charge in [-0.25, -0.2) is 0 Å². The van der Waals surface area contributed by atoms with Crippen molar-refractivity contribution in [3.05, 3.63) is 11.3 Å². The van der Waals surface area contributed by atoms with E-state index < -0.39 is 0 Å². The van der Waals surface area contributed by atoms with Gasteiger partial charge in [0.05, 0.1) is 5.69 Å². The normalized spacial score (nSPS) is 18.8. The van der Waals surface area contributed by atoms with E-state index >= 15 is 0 Å². The number of rotatable bonds is 4. The fraction of sp³-hybridized carbons (Fsp3) is 0.786. The fourth-order valence-electron chi connectivity index (χ4n) is 3.31. The van der Waals surface area contributed by atoms with E-state index in [1.165, 1.54) is 43.4 Å². The summed E-state index contributed by atoms with van der Waals surface area (Å²) in [6.07, 6.45) is 8.67. The molecule has 0 unspecified atom stereocenters. The lowest BCUT2D eigenvalue weighted by atomic mass is 9.78. The summed E-state index contributed by atoms with van der Waals surface area (Å²) in [7, 11) is 1.97. The minimum atomic E-state index is 0.319. The highest BCUT2D eigenvalue weighted by Gasteiger charge is 2.38. The van der Waals surface area contributed by atoms with Crippen LogP contribution in [0.25, 0.3) is 0 Å². The highest BCUT2D eigenvalue weighted by molar-refractivity contribution is 5.46. The fourth-order valence-corrected chi connectivity index (χ4v) is 3.31. The molecule has 1 fully saturated rings. The molecular formula is C14H25N3. The van der Waals surface area contributed by atoms with Crippen molar-refractivity contribution in [1.29, 1.82) is 0 Å². The van der Waals surface area contributed by atoms with E-state index in [0.29, 0.717) is 5.41 Å². The Morgan fingerprint density at radius 1 is 1.29 bits per heavy atom. The Hall–Kier alpha value is -0.990. The molecule has 1 saturated carbocycles. The van der Waals surface area contributed by atoms with Gasteiger partial charge in [0.25, 0.3) is 0 Å². The number of hydrogen-bond donors (Lipinski definition) is 1. The second kappa shape index (κ2) is 4.71. The summed E-state index contributed by atoms with van der Waals surface area (Å²) in [6, 6.07) is 0. The summed E-state index contributed by atoms with van der Waals surface area (Å²) in [5, 5.41) is 4.75. The van der Waals surface area contributed by atoms with Crippen molar-refractivity contribution in [2.45, 2.75) is 64.2 Å². The minimum absolute atomic E-state index is 0.319. The Morgan fingerprint density at radius 3 is 2.47 bits per heavy atom. The average Bonchev–Trinajstić information content (AvgIpc) is 2.90. The van der Waals surface area contributed by atoms with Crippen molar-refractivity contribution in [1.82, 2.24) is 9.78 Å². The van der Waals surface area contributed by atoms with Gasteiger partial charge in [-0.3, -0.25) is 4.68 Å². The van der Waals surface area contributed by atoms with Gasteiger partial charge in [0.2, 0.25) is 0 Å². The van der Waals surface area contributed by atoms with Crippen molar-refractivity contribution in [2.75, 3.05) is 5.73 Å². The molecular weight excluding hydrogens is 210 g/mol. The Kier molecular flexibility index (Phi) is 3.45. The van der Waals surface area contributed by atoms with Gasteiger partial charge >= 0.3 is 0 Å². The molecule has 2 N–H and O–H groups in total. The Balaban J connectivity index is 2.46. The minimum Gasteiger partial charge on any atom is -0.384 e. The van der Waals surface area contributed by atoms with Crippen LogP contribution in [0.5, 0.6) is 0 Å². The zero-order valence-electron chi connectivity index (χ0n) is 11.4. The number of nitrogen functional groups attached to an aromatic ring is 1. The zero-order valence-corrected chi connectivity index (χ0v) is 11.4. The third-order valence-electron chi connectivity index (χ3n) is 4.43. The lowest BCUT2D eigenvalue weighted by Gasteiger charge is -2.26. The quantitative estimate of drug-likeness (QED) is 0.871. The first-order valence-electron chi connectivity index (χ1n) is 6.96. The Bertz CT molecular complexity index is 386. The maximum Gasteiger partial charge on any atom is 0.124 e. The van der Waals surface area contributed by atoms with Crippen LogP contribution in [-0.2, 0) is 18.9 Å². The number of anilines is 1. The predicted octanol–water partition coefficient (Wildman–Crippen LogP) is 3.18. The molecule has 0 bridgehead atoms. The SMILES string of the molecule is CCCc1c(C2(CC)CCCC2)nn(C)c1N. The highest BCUT2D eigenvalue weighted by atomic mass is 15.3. The van der Waals surface area contributed by atoms with Crippen LogP contribution in [0.1, 0.15) is 63.6 Å². The van der Waals surface area contributed by atoms with Crippen molar-refractivity contribution < 1.29 is 0 Å². The van der Waals surface area contributed by atoms with Crippen molar-refractivity contribution in [2.24, 2.45) is 7.05 Å². The third-order valence-corrected chi connectivity index (χ3v) is 4.43. The van der Waals surface area contributed by atoms with Gasteiger partial charge in [0.15, 0.2) is 0 Å². The van der Waals surface area contributed by atoms with Gasteiger partial charge in [0, 0.05) is 18.0 Å². The lowest BCUT2D eigenvalue weighted by molar-refractivity contribution is 0.404. The molecule has 3 heteroatoms. The van der Waals surface area contributed by atoms with Crippen molar-refractivity contribution in [3.63, 3.8) is 0 Å². The standard InChI is InChI=1S/C14H25N3/c1-4-8-11-12(16-17(3)13(11)15)14(5-2)9-6-7-10-14/h4-10,15H2,1-3H3. The topological polar surface area (TPSA) is 43.8 Å². The summed E-state index contributed by atoms with van der Waals surface area (Å²) in [6.45, 7) is 4.51. The molecule has 0 aromatic carbocycles. The Labute approximate surface area is 104 Å². The van der Waals surface area contributed by atoms with Gasteiger partial charge in [0.1, 0.15) is 5.82 Å². The lowest BCUT2D eigenvalue weighted by Crippen LogP contribution is -2.23. The van der Waals surface area contributed by atoms with E-state index in [-0.39, 0.29) is 0 Å². The van der Waals surface area contributed by atoms with Crippen LogP contribution in [0.15, 0.2) is 0 Å². The van der Waals surface area contributed by atoms with Crippen LogP contribution in [-0.4, -0.2) is 9.78 Å². The van der Waals surface area contributed by atoms with Gasteiger partial charge < -0.3 is 5.73 Å². The van der Waals surface area contributed by atoms with E-state index in [4.69, 9.17) is 10.8 Å². The van der Waals surface area contributed by atoms with Crippen LogP contribution in [0.3, 0.4) is 0 Å². The van der Waals surface area contributed by atoms with E-state index in [2.05, 4.69) is 13.8 Å². The molecule has 0 spiro atoms. The monoisotopic (exact) mass is 235 g/mol. The summed E-state index contributed by atoms with van der Waals surface area (Å²) < 4.78 is 1.87. The van der Waals surface area contributed by atoms with Gasteiger partial charge in [-0.15, -0.1) is 0 Å². The summed E-state index contributed by atoms with van der Waals surface area (Å²) >= 11 is 0. The molecule has 1 aromatic rings. The highest BCUT2D eigenvalue weighted by Crippen LogP contribution is 2.45. The molecule has 0 saturated heterocycles. The van der Waals surface area contributed by atoms with Gasteiger partial charge in [-0.1, -0.05) is 33.1 Å². The largest absolute Gasteiger partial charge is 0.384 e. The van der Waals surface area contributed by atoms with Crippen molar-refractivity contribution in [3.8, 4) is 0 Å². The molecule has 0 amide bonds. The average molecular weight is 235 g/mol. The molecule has 3 nitrogen and oxygen atoms in total.